The molecular formula is C37H73N5O4Si3. The van der Waals surface area contributed by atoms with E-state index >= 15 is 0 Å². The minimum absolute atomic E-state index is 0.332. The Hall–Kier alpha value is -1.16. The summed E-state index contributed by atoms with van der Waals surface area (Å²) in [5.74, 6) is 0.356. The second-order valence-corrected chi connectivity index (χ2v) is 33.9. The molecule has 2 aromatic heterocycles. The molecular weight excluding hydrogens is 663 g/mol. The lowest BCUT2D eigenvalue weighted by Gasteiger charge is -2.49. The fourth-order valence-electron chi connectivity index (χ4n) is 10.4. The van der Waals surface area contributed by atoms with Gasteiger partial charge >= 0.3 is 0 Å². The van der Waals surface area contributed by atoms with Gasteiger partial charge in [0.1, 0.15) is 30.2 Å². The van der Waals surface area contributed by atoms with Crippen molar-refractivity contribution in [2.24, 2.45) is 0 Å². The molecule has 1 aliphatic heterocycles. The molecule has 3 rings (SSSR count). The third-order valence-corrected chi connectivity index (χ3v) is 30.5. The van der Waals surface area contributed by atoms with Crippen LogP contribution in [-0.2, 0) is 18.0 Å². The van der Waals surface area contributed by atoms with Gasteiger partial charge < -0.3 is 23.7 Å². The van der Waals surface area contributed by atoms with Crippen LogP contribution in [0.4, 0.5) is 5.82 Å². The minimum Gasteiger partial charge on any atom is -0.413 e. The minimum atomic E-state index is -2.43. The van der Waals surface area contributed by atoms with Crippen LogP contribution in [0.2, 0.25) is 49.9 Å². The van der Waals surface area contributed by atoms with Gasteiger partial charge in [-0.15, -0.1) is 0 Å². The van der Waals surface area contributed by atoms with Crippen molar-refractivity contribution in [3.05, 3.63) is 12.7 Å². The molecule has 0 bridgehead atoms. The van der Waals surface area contributed by atoms with E-state index in [9.17, 15) is 0 Å². The number of fused-ring (bicyclic) bond motifs is 1. The Balaban J connectivity index is 2.36. The van der Waals surface area contributed by atoms with Gasteiger partial charge in [0.2, 0.25) is 16.6 Å². The number of imidazole rings is 1. The van der Waals surface area contributed by atoms with Crippen LogP contribution in [0.5, 0.6) is 0 Å². The van der Waals surface area contributed by atoms with E-state index in [-0.39, 0.29) is 12.2 Å². The standard InChI is InChI=1S/C37H73N5O4Si3/c1-22(2)47(23(3)4,24(5)6)43-19-31-33(45-48(25(7)8,26(9)10)27(11)12)34(46-49(28(13)14,29(15)16)30(17)18)37(44-31)42-21-41-32-35(38)39-20-40-36(32)42/h20-31,33-34,37H,19H2,1-18H3,(H2,38,39,40)/t31-,33-,34-,37-/m1/s1. The summed E-state index contributed by atoms with van der Waals surface area (Å²) >= 11 is 0. The summed E-state index contributed by atoms with van der Waals surface area (Å²) in [7, 11) is -7.07. The summed E-state index contributed by atoms with van der Waals surface area (Å²) in [6.45, 7) is 42.7. The van der Waals surface area contributed by atoms with E-state index in [0.29, 0.717) is 73.5 Å². The van der Waals surface area contributed by atoms with Gasteiger partial charge in [0.05, 0.1) is 12.9 Å². The molecule has 0 aromatic carbocycles. The number of nitrogens with zero attached hydrogens (tertiary/aromatic N) is 4. The average Bonchev–Trinajstić information content (AvgIpc) is 3.54. The van der Waals surface area contributed by atoms with Crippen molar-refractivity contribution in [2.45, 2.75) is 199 Å². The van der Waals surface area contributed by atoms with Gasteiger partial charge in [0.25, 0.3) is 0 Å². The number of hydrogen-bond donors (Lipinski definition) is 1. The molecule has 282 valence electrons. The molecule has 1 aliphatic rings. The quantitative estimate of drug-likeness (QED) is 0.160. The molecule has 4 atom stereocenters. The number of rotatable bonds is 17. The first-order valence-electron chi connectivity index (χ1n) is 19.2. The smallest absolute Gasteiger partial charge is 0.201 e. The largest absolute Gasteiger partial charge is 0.413 e. The average molecular weight is 736 g/mol. The maximum Gasteiger partial charge on any atom is 0.201 e. The molecule has 3 heterocycles. The van der Waals surface area contributed by atoms with Crippen LogP contribution in [-0.4, -0.2) is 69.4 Å². The summed E-state index contributed by atoms with van der Waals surface area (Å²) in [6, 6.07) is 0. The van der Waals surface area contributed by atoms with Crippen molar-refractivity contribution >= 4 is 41.9 Å². The van der Waals surface area contributed by atoms with Gasteiger partial charge in [0, 0.05) is 0 Å². The summed E-state index contributed by atoms with van der Waals surface area (Å²) in [6.07, 6.45) is 1.73. The van der Waals surface area contributed by atoms with E-state index in [0.717, 1.165) is 0 Å². The van der Waals surface area contributed by atoms with Gasteiger partial charge in [-0.05, 0) is 49.9 Å². The maximum absolute atomic E-state index is 7.86. The predicted octanol–water partition coefficient (Wildman–Crippen LogP) is 10.6. The molecule has 49 heavy (non-hydrogen) atoms. The third kappa shape index (κ3) is 7.53. The summed E-state index contributed by atoms with van der Waals surface area (Å²) in [4.78, 5) is 13.6. The van der Waals surface area contributed by atoms with E-state index in [1.807, 2.05) is 4.57 Å². The number of nitrogen functional groups attached to an aromatic ring is 1. The first kappa shape index (κ1) is 42.3. The lowest BCUT2D eigenvalue weighted by Crippen LogP contribution is -2.58. The zero-order chi connectivity index (χ0) is 37.4. The fraction of sp³-hybridized carbons (Fsp3) is 0.865. The van der Waals surface area contributed by atoms with Crippen LogP contribution in [0, 0.1) is 0 Å². The zero-order valence-electron chi connectivity index (χ0n) is 34.4. The normalized spacial score (nSPS) is 21.6. The van der Waals surface area contributed by atoms with Crippen molar-refractivity contribution in [1.29, 1.82) is 0 Å². The second-order valence-electron chi connectivity index (χ2n) is 17.6. The molecule has 2 aromatic rings. The van der Waals surface area contributed by atoms with Crippen LogP contribution in [0.1, 0.15) is 131 Å². The lowest BCUT2D eigenvalue weighted by atomic mass is 10.1. The highest BCUT2D eigenvalue weighted by molar-refractivity contribution is 6.78. The Bertz CT molecular complexity index is 1280. The first-order valence-corrected chi connectivity index (χ1v) is 25.6. The molecule has 2 N–H and O–H groups in total. The molecule has 9 nitrogen and oxygen atoms in total. The van der Waals surface area contributed by atoms with Gasteiger partial charge in [0.15, 0.2) is 26.0 Å². The topological polar surface area (TPSA) is 107 Å². The zero-order valence-corrected chi connectivity index (χ0v) is 37.4. The van der Waals surface area contributed by atoms with Crippen molar-refractivity contribution in [2.75, 3.05) is 12.3 Å². The van der Waals surface area contributed by atoms with Crippen LogP contribution in [0.3, 0.4) is 0 Å². The van der Waals surface area contributed by atoms with Gasteiger partial charge in [-0.2, -0.15) is 0 Å². The lowest BCUT2D eigenvalue weighted by molar-refractivity contribution is -0.0479. The molecule has 0 radical (unpaired) electrons. The highest BCUT2D eigenvalue weighted by atomic mass is 28.4. The Morgan fingerprint density at radius 2 is 1.02 bits per heavy atom. The fourth-order valence-corrected chi connectivity index (χ4v) is 27.0. The van der Waals surface area contributed by atoms with Gasteiger partial charge in [-0.3, -0.25) is 4.57 Å². The van der Waals surface area contributed by atoms with E-state index in [4.69, 9.17) is 28.7 Å². The molecule has 0 saturated carbocycles. The summed E-state index contributed by atoms with van der Waals surface area (Å²) in [5.41, 5.74) is 11.2. The number of hydrogen-bond acceptors (Lipinski definition) is 8. The Labute approximate surface area is 302 Å². The Morgan fingerprint density at radius 3 is 1.43 bits per heavy atom. The highest BCUT2D eigenvalue weighted by Gasteiger charge is 2.59. The van der Waals surface area contributed by atoms with Crippen LogP contribution in [0.25, 0.3) is 11.2 Å². The Kier molecular flexibility index (Phi) is 14.0. The summed E-state index contributed by atoms with van der Waals surface area (Å²) in [5, 5.41) is 0. The van der Waals surface area contributed by atoms with Crippen molar-refractivity contribution in [1.82, 2.24) is 19.5 Å². The number of nitrogens with two attached hydrogens (primary N) is 1. The maximum atomic E-state index is 7.86. The molecule has 1 saturated heterocycles. The van der Waals surface area contributed by atoms with E-state index in [2.05, 4.69) is 135 Å². The van der Waals surface area contributed by atoms with Gasteiger partial charge in [-0.1, -0.05) is 125 Å². The molecule has 12 heteroatoms. The molecule has 0 aliphatic carbocycles. The van der Waals surface area contributed by atoms with Gasteiger partial charge in [-0.25, -0.2) is 15.0 Å². The number of anilines is 1. The highest BCUT2D eigenvalue weighted by Crippen LogP contribution is 2.51. The molecule has 0 amide bonds. The van der Waals surface area contributed by atoms with Crippen molar-refractivity contribution in [3.63, 3.8) is 0 Å². The predicted molar refractivity (Wildman–Crippen MR) is 212 cm³/mol. The summed E-state index contributed by atoms with van der Waals surface area (Å²) < 4.78 is 32.4. The molecule has 0 unspecified atom stereocenters. The van der Waals surface area contributed by atoms with E-state index in [1.54, 1.807) is 6.33 Å². The Morgan fingerprint density at radius 1 is 0.612 bits per heavy atom. The van der Waals surface area contributed by atoms with E-state index in [1.165, 1.54) is 6.33 Å². The number of aromatic nitrogens is 4. The SMILES string of the molecule is CC(C)[Si](OC[C@H]1O[C@@H](n2cnc3c(N)ncnc32)[C@H](O[Si](C(C)C)(C(C)C)C(C)C)[C@@H]1O[Si](C(C)C)(C(C)C)C(C)C)(C(C)C)C(C)C. The second kappa shape index (κ2) is 16.2. The van der Waals surface area contributed by atoms with Crippen molar-refractivity contribution in [3.8, 4) is 0 Å². The van der Waals surface area contributed by atoms with Crippen LogP contribution < -0.4 is 5.73 Å². The van der Waals surface area contributed by atoms with Crippen molar-refractivity contribution < 1.29 is 18.0 Å². The molecule has 1 fully saturated rings. The third-order valence-electron chi connectivity index (χ3n) is 12.2. The van der Waals surface area contributed by atoms with Crippen LogP contribution in [0.15, 0.2) is 12.7 Å². The monoisotopic (exact) mass is 735 g/mol. The van der Waals surface area contributed by atoms with E-state index < -0.39 is 37.3 Å². The molecule has 0 spiro atoms. The first-order chi connectivity index (χ1) is 22.6. The number of ether oxygens (including phenoxy) is 1. The van der Waals surface area contributed by atoms with Crippen LogP contribution >= 0.6 is 0 Å².